The molecule has 0 bridgehead atoms. The average Bonchev–Trinajstić information content (AvgIpc) is 3.72. The normalized spacial score (nSPS) is 30.6. The Labute approximate surface area is 275 Å². The number of hydrogen-bond donors (Lipinski definition) is 7. The molecule has 0 saturated carbocycles. The zero-order valence-electron chi connectivity index (χ0n) is 24.9. The Kier molecular flexibility index (Phi) is 9.13. The molecule has 2 aliphatic heterocycles. The summed E-state index contributed by atoms with van der Waals surface area (Å²) in [6, 6.07) is 0. The van der Waals surface area contributed by atoms with Crippen molar-refractivity contribution >= 4 is 72.3 Å². The van der Waals surface area contributed by atoms with Gasteiger partial charge in [0.2, 0.25) is 11.9 Å². The van der Waals surface area contributed by atoms with Gasteiger partial charge in [-0.2, -0.15) is 9.97 Å². The van der Waals surface area contributed by atoms with Crippen molar-refractivity contribution in [3.8, 4) is 0 Å². The first-order valence-corrected chi connectivity index (χ1v) is 19.6. The van der Waals surface area contributed by atoms with E-state index in [4.69, 9.17) is 34.5 Å². The maximum absolute atomic E-state index is 13.6. The molecule has 47 heavy (non-hydrogen) atoms. The number of aromatic amines is 2. The van der Waals surface area contributed by atoms with Gasteiger partial charge in [-0.3, -0.25) is 42.3 Å². The van der Waals surface area contributed by atoms with Crippen molar-refractivity contribution in [1.82, 2.24) is 39.0 Å². The lowest BCUT2D eigenvalue weighted by atomic mass is 9.93. The summed E-state index contributed by atoms with van der Waals surface area (Å²) in [6.45, 7) is -3.52. The van der Waals surface area contributed by atoms with Crippen molar-refractivity contribution in [1.29, 1.82) is 0 Å². The third kappa shape index (κ3) is 6.76. The smallest absolute Gasteiger partial charge is 0.369 e. The number of thiol groups is 2. The third-order valence-corrected chi connectivity index (χ3v) is 10.8. The van der Waals surface area contributed by atoms with Crippen molar-refractivity contribution in [2.24, 2.45) is 17.8 Å². The van der Waals surface area contributed by atoms with E-state index in [-0.39, 0.29) is 52.7 Å². The number of nitrogens with two attached hydrogens (primary N) is 2. The van der Waals surface area contributed by atoms with Crippen molar-refractivity contribution in [3.05, 3.63) is 33.4 Å². The van der Waals surface area contributed by atoms with Crippen LogP contribution in [0.25, 0.3) is 22.3 Å². The van der Waals surface area contributed by atoms with E-state index in [1.54, 1.807) is 11.5 Å². The number of H-pyrrole nitrogens is 2. The first kappa shape index (κ1) is 34.1. The Bertz CT molecular complexity index is 2030. The van der Waals surface area contributed by atoms with Gasteiger partial charge in [0, 0.05) is 11.8 Å². The molecule has 6 rings (SSSR count). The summed E-state index contributed by atoms with van der Waals surface area (Å²) in [4.78, 5) is 55.6. The van der Waals surface area contributed by atoms with Crippen LogP contribution in [-0.2, 0) is 32.2 Å². The van der Waals surface area contributed by atoms with Gasteiger partial charge >= 0.3 is 13.6 Å². The molecule has 0 spiro atoms. The summed E-state index contributed by atoms with van der Waals surface area (Å²) in [5.41, 5.74) is 10.9. The fraction of sp³-hybridized carbons (Fsp3) is 0.565. The van der Waals surface area contributed by atoms with Crippen LogP contribution in [0.15, 0.2) is 22.2 Å². The molecule has 20 nitrogen and oxygen atoms in total. The number of ether oxygens (including phenoxy) is 2. The highest BCUT2D eigenvalue weighted by Gasteiger charge is 2.49. The number of hydrogen-bond acceptors (Lipinski definition) is 15. The number of anilines is 2. The molecule has 256 valence electrons. The highest BCUT2D eigenvalue weighted by molar-refractivity contribution is 8.44. The molecular formula is C23H32N10O10P2S2. The Morgan fingerprint density at radius 3 is 1.87 bits per heavy atom. The van der Waals surface area contributed by atoms with Crippen LogP contribution < -0.4 is 22.6 Å². The number of nitrogen functional groups attached to an aromatic ring is 2. The largest absolute Gasteiger partial charge is 0.386 e. The second-order valence-electron chi connectivity index (χ2n) is 11.4. The summed E-state index contributed by atoms with van der Waals surface area (Å²) in [5, 5.41) is 0. The van der Waals surface area contributed by atoms with Gasteiger partial charge in [-0.1, -0.05) is 45.3 Å². The van der Waals surface area contributed by atoms with Gasteiger partial charge in [-0.05, 0) is 5.92 Å². The first-order chi connectivity index (χ1) is 22.0. The molecule has 2 aliphatic rings. The summed E-state index contributed by atoms with van der Waals surface area (Å²) in [7, 11) is 0. The molecule has 24 heteroatoms. The van der Waals surface area contributed by atoms with Gasteiger partial charge in [0.1, 0.15) is 24.7 Å². The van der Waals surface area contributed by atoms with Crippen molar-refractivity contribution in [2.45, 2.75) is 51.5 Å². The number of rotatable bonds is 10. The van der Waals surface area contributed by atoms with Crippen LogP contribution in [0.5, 0.6) is 0 Å². The fourth-order valence-electron chi connectivity index (χ4n) is 5.81. The van der Waals surface area contributed by atoms with E-state index in [0.717, 1.165) is 0 Å². The molecule has 2 saturated heterocycles. The number of fused-ring (bicyclic) bond motifs is 2. The highest BCUT2D eigenvalue weighted by Crippen LogP contribution is 2.58. The van der Waals surface area contributed by atoms with Gasteiger partial charge in [-0.15, -0.1) is 0 Å². The topological polar surface area (TPSA) is 280 Å². The molecule has 4 aromatic rings. The average molecular weight is 735 g/mol. The monoisotopic (exact) mass is 734 g/mol. The van der Waals surface area contributed by atoms with Gasteiger partial charge in [0.05, 0.1) is 32.0 Å². The van der Waals surface area contributed by atoms with E-state index in [1.807, 2.05) is 13.8 Å². The Morgan fingerprint density at radius 2 is 1.34 bits per heavy atom. The van der Waals surface area contributed by atoms with Crippen molar-refractivity contribution in [3.63, 3.8) is 0 Å². The van der Waals surface area contributed by atoms with Crippen LogP contribution in [0.2, 0.25) is 0 Å². The fourth-order valence-corrected chi connectivity index (χ4v) is 7.91. The molecule has 2 fully saturated rings. The maximum Gasteiger partial charge on any atom is 0.386 e. The van der Waals surface area contributed by atoms with Gasteiger partial charge in [0.15, 0.2) is 22.3 Å². The lowest BCUT2D eigenvalue weighted by Gasteiger charge is -2.26. The number of nitrogens with one attached hydrogen (secondary N) is 2. The molecule has 0 aromatic carbocycles. The van der Waals surface area contributed by atoms with E-state index in [1.165, 1.54) is 17.2 Å². The molecule has 10 atom stereocenters. The zero-order chi connectivity index (χ0) is 34.0. The minimum absolute atomic E-state index is 0.00135. The minimum Gasteiger partial charge on any atom is -0.369 e. The number of nitrogens with zero attached hydrogens (tertiary/aromatic N) is 6. The minimum atomic E-state index is -4.24. The number of imidazole rings is 2. The van der Waals surface area contributed by atoms with E-state index >= 15 is 0 Å². The van der Waals surface area contributed by atoms with Crippen LogP contribution in [0.1, 0.15) is 33.2 Å². The van der Waals surface area contributed by atoms with Gasteiger partial charge in [-0.25, -0.2) is 19.1 Å². The van der Waals surface area contributed by atoms with Crippen molar-refractivity contribution < 1.29 is 37.1 Å². The lowest BCUT2D eigenvalue weighted by molar-refractivity contribution is -0.0424. The molecule has 7 N–H and O–H groups in total. The summed E-state index contributed by atoms with van der Waals surface area (Å²) in [5.74, 6) is -1.12. The van der Waals surface area contributed by atoms with E-state index in [2.05, 4.69) is 54.4 Å². The molecule has 6 heterocycles. The van der Waals surface area contributed by atoms with Crippen LogP contribution >= 0.6 is 38.1 Å². The van der Waals surface area contributed by atoms with E-state index < -0.39 is 68.0 Å². The Balaban J connectivity index is 1.19. The van der Waals surface area contributed by atoms with Gasteiger partial charge < -0.3 is 25.8 Å². The van der Waals surface area contributed by atoms with Crippen LogP contribution in [0.3, 0.4) is 0 Å². The predicted octanol–water partition coefficient (Wildman–Crippen LogP) is 1.61. The van der Waals surface area contributed by atoms with Crippen LogP contribution in [0.4, 0.5) is 11.9 Å². The molecular weight excluding hydrogens is 702 g/mol. The second kappa shape index (κ2) is 12.6. The van der Waals surface area contributed by atoms with Crippen LogP contribution in [0, 0.1) is 17.8 Å². The SMILES string of the molecule is C[C@@H]1[C@H](OP(=O)(S)OCC2O[C@@H](n3cnc4c(=O)[nH]c(N)nc43)[C@H](C)[C@@H]2C)[C@@H](COP(=O)(O)S)O[C@H]1n1cnc2c(=O)[nH]c(N)nc21. The predicted molar refractivity (Wildman–Crippen MR) is 173 cm³/mol. The summed E-state index contributed by atoms with van der Waals surface area (Å²) >= 11 is 7.76. The molecule has 0 radical (unpaired) electrons. The van der Waals surface area contributed by atoms with E-state index in [0.29, 0.717) is 0 Å². The standard InChI is InChI=1S/C23H32N10O10P2S2/c1-8-9(2)20(32-6-26-13-16(32)28-22(24)30-18(13)34)41-11(8)4-40-45(38,47)43-15-10(3)21(42-12(15)5-39-44(36,37)46)33-7-27-14-17(33)29-23(25)31-19(14)35/h6-12,15,20-21H,4-5H2,1-3H3,(H,38,47)(H2,36,37,46)(H3,24,28,30,34)(H3,25,29,31,35)/t8-,9+,10+,11?,12+,15-,20+,21+,45?/m0/s1. The Hall–Kier alpha value is -2.78. The first-order valence-electron chi connectivity index (χ1n) is 14.1. The third-order valence-electron chi connectivity index (χ3n) is 8.34. The van der Waals surface area contributed by atoms with Crippen molar-refractivity contribution in [2.75, 3.05) is 24.7 Å². The molecule has 0 amide bonds. The highest BCUT2D eigenvalue weighted by atomic mass is 32.7. The number of aromatic nitrogens is 8. The lowest BCUT2D eigenvalue weighted by Crippen LogP contribution is -2.31. The molecule has 0 aliphatic carbocycles. The molecule has 3 unspecified atom stereocenters. The molecule has 4 aromatic heterocycles. The van der Waals surface area contributed by atoms with E-state index in [9.17, 15) is 23.6 Å². The summed E-state index contributed by atoms with van der Waals surface area (Å²) in [6.07, 6.45) is -1.49. The zero-order valence-corrected chi connectivity index (χ0v) is 28.5. The second-order valence-corrected chi connectivity index (χ2v) is 17.0. The Morgan fingerprint density at radius 1 is 0.851 bits per heavy atom. The van der Waals surface area contributed by atoms with Gasteiger partial charge in [0.25, 0.3) is 11.1 Å². The summed E-state index contributed by atoms with van der Waals surface area (Å²) < 4.78 is 57.5. The maximum atomic E-state index is 13.6. The van der Waals surface area contributed by atoms with Crippen LogP contribution in [-0.4, -0.2) is 75.5 Å². The quantitative estimate of drug-likeness (QED) is 0.0900.